The fraction of sp³-hybridized carbons (Fsp3) is 0.882. The second-order valence-corrected chi connectivity index (χ2v) is 11.4. The standard InChI is InChI=1S/C34H64O4/c1-3-5-6-7-8-9-10-11-12-13-14-15-16-17-18-19-20-21-22-23-24-25-26-27-28-29-32(34(36)37)31-33(35)38-30-4-2/h25-26,32H,3-24,27-31H2,1-2H3,(H,36,37)/b26-25+. The van der Waals surface area contributed by atoms with Gasteiger partial charge in [-0.3, -0.25) is 9.59 Å². The summed E-state index contributed by atoms with van der Waals surface area (Å²) in [4.78, 5) is 23.0. The van der Waals surface area contributed by atoms with Crippen molar-refractivity contribution in [1.82, 2.24) is 0 Å². The van der Waals surface area contributed by atoms with Gasteiger partial charge in [0.1, 0.15) is 0 Å². The Morgan fingerprint density at radius 3 is 1.37 bits per heavy atom. The molecule has 0 amide bonds. The molecule has 4 nitrogen and oxygen atoms in total. The van der Waals surface area contributed by atoms with Crippen molar-refractivity contribution in [3.05, 3.63) is 12.2 Å². The lowest BCUT2D eigenvalue weighted by Gasteiger charge is -2.11. The van der Waals surface area contributed by atoms with Gasteiger partial charge in [0.15, 0.2) is 0 Å². The lowest BCUT2D eigenvalue weighted by molar-refractivity contribution is -0.151. The first-order valence-corrected chi connectivity index (χ1v) is 16.6. The summed E-state index contributed by atoms with van der Waals surface area (Å²) in [6.07, 6.45) is 36.7. The minimum atomic E-state index is -0.897. The Hall–Kier alpha value is -1.32. The van der Waals surface area contributed by atoms with Crippen LogP contribution >= 0.6 is 0 Å². The van der Waals surface area contributed by atoms with Crippen molar-refractivity contribution in [3.63, 3.8) is 0 Å². The molecular formula is C34H64O4. The molecule has 4 heteroatoms. The largest absolute Gasteiger partial charge is 0.481 e. The van der Waals surface area contributed by atoms with Crippen LogP contribution in [0.2, 0.25) is 0 Å². The number of esters is 1. The van der Waals surface area contributed by atoms with Crippen LogP contribution in [-0.4, -0.2) is 23.7 Å². The smallest absolute Gasteiger partial charge is 0.307 e. The van der Waals surface area contributed by atoms with E-state index in [1.807, 2.05) is 6.92 Å². The van der Waals surface area contributed by atoms with E-state index >= 15 is 0 Å². The van der Waals surface area contributed by atoms with Gasteiger partial charge >= 0.3 is 11.9 Å². The van der Waals surface area contributed by atoms with E-state index in [9.17, 15) is 14.7 Å². The van der Waals surface area contributed by atoms with E-state index in [2.05, 4.69) is 19.1 Å². The summed E-state index contributed by atoms with van der Waals surface area (Å²) >= 11 is 0. The van der Waals surface area contributed by atoms with Crippen LogP contribution in [0.25, 0.3) is 0 Å². The summed E-state index contributed by atoms with van der Waals surface area (Å²) in [5, 5.41) is 9.31. The second-order valence-electron chi connectivity index (χ2n) is 11.4. The van der Waals surface area contributed by atoms with Crippen LogP contribution in [0.3, 0.4) is 0 Å². The van der Waals surface area contributed by atoms with Gasteiger partial charge in [0.2, 0.25) is 0 Å². The SMILES string of the molecule is CCCCCCCCCCCCCCCCCCCCCC/C=C/CCCC(CC(=O)OCCC)C(=O)O. The van der Waals surface area contributed by atoms with Crippen LogP contribution in [0.1, 0.15) is 181 Å². The molecule has 0 bridgehead atoms. The normalized spacial score (nSPS) is 12.3. The van der Waals surface area contributed by atoms with Gasteiger partial charge in [-0.1, -0.05) is 148 Å². The molecular weight excluding hydrogens is 472 g/mol. The van der Waals surface area contributed by atoms with E-state index in [1.54, 1.807) is 0 Å². The Bertz CT molecular complexity index is 543. The predicted octanol–water partition coefficient (Wildman–Crippen LogP) is 11.0. The van der Waals surface area contributed by atoms with Crippen LogP contribution in [-0.2, 0) is 14.3 Å². The second kappa shape index (κ2) is 30.2. The summed E-state index contributed by atoms with van der Waals surface area (Å²) in [6, 6.07) is 0. The molecule has 0 rings (SSSR count). The van der Waals surface area contributed by atoms with E-state index in [4.69, 9.17) is 4.74 Å². The monoisotopic (exact) mass is 536 g/mol. The van der Waals surface area contributed by atoms with Gasteiger partial charge in [-0.2, -0.15) is 0 Å². The number of carbonyl (C=O) groups is 2. The van der Waals surface area contributed by atoms with Crippen LogP contribution in [0.4, 0.5) is 0 Å². The number of unbranched alkanes of at least 4 members (excludes halogenated alkanes) is 21. The minimum absolute atomic E-state index is 0.0154. The van der Waals surface area contributed by atoms with Crippen molar-refractivity contribution < 1.29 is 19.4 Å². The number of allylic oxidation sites excluding steroid dienone is 2. The first-order chi connectivity index (χ1) is 18.6. The Morgan fingerprint density at radius 1 is 0.579 bits per heavy atom. The summed E-state index contributed by atoms with van der Waals surface area (Å²) in [6.45, 7) is 4.58. The average Bonchev–Trinajstić information content (AvgIpc) is 2.91. The molecule has 1 unspecified atom stereocenters. The number of rotatable bonds is 30. The first-order valence-electron chi connectivity index (χ1n) is 16.6. The number of carboxylic acids is 1. The molecule has 0 aromatic carbocycles. The zero-order valence-corrected chi connectivity index (χ0v) is 25.5. The Morgan fingerprint density at radius 2 is 0.974 bits per heavy atom. The van der Waals surface area contributed by atoms with Crippen molar-refractivity contribution >= 4 is 11.9 Å². The molecule has 1 N–H and O–H groups in total. The van der Waals surface area contributed by atoms with Gasteiger partial charge in [0.25, 0.3) is 0 Å². The van der Waals surface area contributed by atoms with Gasteiger partial charge in [-0.05, 0) is 38.5 Å². The molecule has 0 aromatic heterocycles. The third kappa shape index (κ3) is 27.7. The molecule has 1 atom stereocenters. The van der Waals surface area contributed by atoms with Crippen molar-refractivity contribution in [2.45, 2.75) is 181 Å². The van der Waals surface area contributed by atoms with Crippen LogP contribution in [0.15, 0.2) is 12.2 Å². The van der Waals surface area contributed by atoms with Gasteiger partial charge in [-0.15, -0.1) is 0 Å². The molecule has 0 aliphatic carbocycles. The van der Waals surface area contributed by atoms with Gasteiger partial charge in [0.05, 0.1) is 18.9 Å². The Labute approximate surface area is 236 Å². The molecule has 0 spiro atoms. The summed E-state index contributed by atoms with van der Waals surface area (Å²) in [5.41, 5.74) is 0. The molecule has 0 radical (unpaired) electrons. The topological polar surface area (TPSA) is 63.6 Å². The van der Waals surface area contributed by atoms with E-state index in [0.717, 1.165) is 25.7 Å². The zero-order chi connectivity index (χ0) is 27.9. The lowest BCUT2D eigenvalue weighted by atomic mass is 9.98. The molecule has 0 aliphatic heterocycles. The van der Waals surface area contributed by atoms with Gasteiger partial charge in [0, 0.05) is 0 Å². The number of hydrogen-bond acceptors (Lipinski definition) is 3. The predicted molar refractivity (Wildman–Crippen MR) is 163 cm³/mol. The maximum Gasteiger partial charge on any atom is 0.307 e. The van der Waals surface area contributed by atoms with E-state index in [1.165, 1.54) is 128 Å². The highest BCUT2D eigenvalue weighted by atomic mass is 16.5. The molecule has 0 aromatic rings. The molecule has 0 saturated heterocycles. The van der Waals surface area contributed by atoms with Crippen molar-refractivity contribution in [2.24, 2.45) is 5.92 Å². The van der Waals surface area contributed by atoms with E-state index in [-0.39, 0.29) is 6.42 Å². The highest BCUT2D eigenvalue weighted by molar-refractivity contribution is 5.78. The highest BCUT2D eigenvalue weighted by Crippen LogP contribution is 2.16. The fourth-order valence-corrected chi connectivity index (χ4v) is 5.02. The number of carbonyl (C=O) groups excluding carboxylic acids is 1. The Balaban J connectivity index is 3.35. The van der Waals surface area contributed by atoms with Crippen molar-refractivity contribution in [1.29, 1.82) is 0 Å². The summed E-state index contributed by atoms with van der Waals surface area (Å²) in [7, 11) is 0. The lowest BCUT2D eigenvalue weighted by Crippen LogP contribution is -2.19. The molecule has 38 heavy (non-hydrogen) atoms. The average molecular weight is 537 g/mol. The van der Waals surface area contributed by atoms with Gasteiger partial charge in [-0.25, -0.2) is 0 Å². The van der Waals surface area contributed by atoms with Crippen LogP contribution in [0.5, 0.6) is 0 Å². The molecule has 0 saturated carbocycles. The number of hydrogen-bond donors (Lipinski definition) is 1. The highest BCUT2D eigenvalue weighted by Gasteiger charge is 2.21. The number of ether oxygens (including phenoxy) is 1. The van der Waals surface area contributed by atoms with Crippen LogP contribution < -0.4 is 0 Å². The first kappa shape index (κ1) is 36.7. The van der Waals surface area contributed by atoms with Crippen molar-refractivity contribution in [3.8, 4) is 0 Å². The summed E-state index contributed by atoms with van der Waals surface area (Å²) < 4.78 is 5.01. The van der Waals surface area contributed by atoms with Gasteiger partial charge < -0.3 is 9.84 Å². The van der Waals surface area contributed by atoms with Crippen molar-refractivity contribution in [2.75, 3.05) is 6.61 Å². The third-order valence-electron chi connectivity index (χ3n) is 7.54. The maximum absolute atomic E-state index is 11.7. The number of carboxylic acid groups (broad SMARTS) is 1. The fourth-order valence-electron chi connectivity index (χ4n) is 5.02. The van der Waals surface area contributed by atoms with E-state index < -0.39 is 17.9 Å². The summed E-state index contributed by atoms with van der Waals surface area (Å²) in [5.74, 6) is -1.92. The number of aliphatic carboxylic acids is 1. The van der Waals surface area contributed by atoms with E-state index in [0.29, 0.717) is 13.0 Å². The van der Waals surface area contributed by atoms with Crippen LogP contribution in [0, 0.1) is 5.92 Å². The quantitative estimate of drug-likeness (QED) is 0.0563. The minimum Gasteiger partial charge on any atom is -0.481 e. The molecule has 0 heterocycles. The third-order valence-corrected chi connectivity index (χ3v) is 7.54. The Kier molecular flexibility index (Phi) is 29.2. The molecule has 0 fully saturated rings. The zero-order valence-electron chi connectivity index (χ0n) is 25.5. The molecule has 224 valence electrons. The maximum atomic E-state index is 11.7. The molecule has 0 aliphatic rings.